The van der Waals surface area contributed by atoms with E-state index in [9.17, 15) is 14.4 Å². The molecule has 163 valence electrons. The van der Waals surface area contributed by atoms with Crippen molar-refractivity contribution in [1.82, 2.24) is 0 Å². The molecule has 3 rings (SSSR count). The molecule has 0 fully saturated rings. The zero-order chi connectivity index (χ0) is 22.7. The Balaban J connectivity index is 0.000000429. The van der Waals surface area contributed by atoms with Crippen LogP contribution in [0.15, 0.2) is 72.8 Å². The third-order valence-electron chi connectivity index (χ3n) is 3.80. The van der Waals surface area contributed by atoms with Gasteiger partial charge in [0.05, 0.1) is 16.7 Å². The van der Waals surface area contributed by atoms with Crippen LogP contribution in [0.2, 0.25) is 0 Å². The minimum Gasteiger partial charge on any atom is -0.478 e. The number of aromatic carboxylic acids is 3. The predicted octanol–water partition coefficient (Wildman–Crippen LogP) is 5.08. The van der Waals surface area contributed by atoms with Crippen LogP contribution in [0.3, 0.4) is 0 Å². The summed E-state index contributed by atoms with van der Waals surface area (Å²) in [6, 6.07) is 20.5. The summed E-state index contributed by atoms with van der Waals surface area (Å²) in [5.41, 5.74) is 3.96. The van der Waals surface area contributed by atoms with Crippen LogP contribution in [0, 0.1) is 70.1 Å². The molecule has 0 bridgehead atoms. The van der Waals surface area contributed by atoms with Gasteiger partial charge in [0.15, 0.2) is 0 Å². The molecule has 3 N–H and O–H groups in total. The fourth-order valence-electron chi connectivity index (χ4n) is 2.33. The van der Waals surface area contributed by atoms with E-state index < -0.39 is 17.9 Å². The topological polar surface area (TPSA) is 112 Å². The van der Waals surface area contributed by atoms with Gasteiger partial charge >= 0.3 is 17.9 Å². The summed E-state index contributed by atoms with van der Waals surface area (Å²) in [5, 5.41) is 25.5. The number of aryl methyl sites for hydroxylation is 3. The van der Waals surface area contributed by atoms with Crippen molar-refractivity contribution in [2.24, 2.45) is 0 Å². The Kier molecular flexibility index (Phi) is 13.5. The molecule has 7 heteroatoms. The summed E-state index contributed by atoms with van der Waals surface area (Å²) >= 11 is 0. The van der Waals surface area contributed by atoms with E-state index in [1.54, 1.807) is 54.6 Å². The molecule has 6 nitrogen and oxygen atoms in total. The Morgan fingerprint density at radius 2 is 0.742 bits per heavy atom. The molecule has 0 amide bonds. The average molecular weight is 560 g/mol. The molecular formula is C24H24EuO6. The van der Waals surface area contributed by atoms with Crippen LogP contribution in [0.1, 0.15) is 47.8 Å². The number of hydrogen-bond donors (Lipinski definition) is 3. The van der Waals surface area contributed by atoms with Gasteiger partial charge in [-0.3, -0.25) is 0 Å². The van der Waals surface area contributed by atoms with E-state index >= 15 is 0 Å². The maximum Gasteiger partial charge on any atom is 0.335 e. The van der Waals surface area contributed by atoms with Gasteiger partial charge in [0.25, 0.3) is 0 Å². The summed E-state index contributed by atoms with van der Waals surface area (Å²) in [4.78, 5) is 31.1. The Morgan fingerprint density at radius 3 is 0.871 bits per heavy atom. The van der Waals surface area contributed by atoms with Crippen molar-refractivity contribution in [3.05, 3.63) is 106 Å². The van der Waals surface area contributed by atoms with Gasteiger partial charge in [-0.05, 0) is 57.2 Å². The van der Waals surface area contributed by atoms with Gasteiger partial charge in [0.1, 0.15) is 0 Å². The Morgan fingerprint density at radius 1 is 0.516 bits per heavy atom. The van der Waals surface area contributed by atoms with Crippen LogP contribution in [0.5, 0.6) is 0 Å². The van der Waals surface area contributed by atoms with Crippen LogP contribution in [-0.4, -0.2) is 33.2 Å². The van der Waals surface area contributed by atoms with Crippen molar-refractivity contribution in [3.63, 3.8) is 0 Å². The molecule has 3 aromatic rings. The number of carboxylic acid groups (broad SMARTS) is 3. The van der Waals surface area contributed by atoms with E-state index in [1.807, 2.05) is 39.0 Å². The number of benzene rings is 3. The summed E-state index contributed by atoms with van der Waals surface area (Å²) in [6.45, 7) is 5.60. The minimum absolute atomic E-state index is 0. The zero-order valence-corrected chi connectivity index (χ0v) is 19.8. The third-order valence-corrected chi connectivity index (χ3v) is 3.80. The molecule has 0 atom stereocenters. The van der Waals surface area contributed by atoms with Gasteiger partial charge in [0, 0.05) is 49.4 Å². The fraction of sp³-hybridized carbons (Fsp3) is 0.125. The first-order valence-electron chi connectivity index (χ1n) is 9.00. The smallest absolute Gasteiger partial charge is 0.335 e. The SMILES string of the molecule is Cc1cccc(C(=O)O)c1.Cc1cccc(C(=O)O)c1.Cc1cccc(C(=O)O)c1.[Eu]. The molecule has 0 unspecified atom stereocenters. The molecule has 0 aliphatic rings. The van der Waals surface area contributed by atoms with E-state index in [-0.39, 0.29) is 49.4 Å². The summed E-state index contributed by atoms with van der Waals surface area (Å²) < 4.78 is 0. The second kappa shape index (κ2) is 14.6. The van der Waals surface area contributed by atoms with Crippen LogP contribution in [0.4, 0.5) is 0 Å². The van der Waals surface area contributed by atoms with E-state index in [0.29, 0.717) is 16.7 Å². The first-order valence-corrected chi connectivity index (χ1v) is 9.00. The fourth-order valence-corrected chi connectivity index (χ4v) is 2.33. The van der Waals surface area contributed by atoms with E-state index in [1.165, 1.54) is 0 Å². The van der Waals surface area contributed by atoms with Crippen molar-refractivity contribution in [2.45, 2.75) is 20.8 Å². The summed E-state index contributed by atoms with van der Waals surface area (Å²) in [7, 11) is 0. The summed E-state index contributed by atoms with van der Waals surface area (Å²) in [5.74, 6) is -2.61. The average Bonchev–Trinajstić information content (AvgIpc) is 2.69. The molecule has 0 saturated heterocycles. The molecule has 0 saturated carbocycles. The van der Waals surface area contributed by atoms with E-state index in [2.05, 4.69) is 0 Å². The first kappa shape index (κ1) is 28.7. The standard InChI is InChI=1S/3C8H8O2.Eu/c3*1-6-3-2-4-7(5-6)8(9)10;/h3*2-5H,1H3,(H,9,10);. The molecule has 0 heterocycles. The third kappa shape index (κ3) is 11.6. The quantitative estimate of drug-likeness (QED) is 0.412. The normalized spacial score (nSPS) is 9.00. The number of carboxylic acids is 3. The van der Waals surface area contributed by atoms with Gasteiger partial charge in [-0.15, -0.1) is 0 Å². The van der Waals surface area contributed by atoms with Gasteiger partial charge in [0.2, 0.25) is 0 Å². The molecule has 1 radical (unpaired) electrons. The van der Waals surface area contributed by atoms with Crippen molar-refractivity contribution < 1.29 is 79.1 Å². The second-order valence-corrected chi connectivity index (χ2v) is 6.52. The van der Waals surface area contributed by atoms with E-state index in [4.69, 9.17) is 15.3 Å². The van der Waals surface area contributed by atoms with Crippen LogP contribution in [-0.2, 0) is 0 Å². The van der Waals surface area contributed by atoms with Crippen LogP contribution >= 0.6 is 0 Å². The Labute approximate surface area is 222 Å². The molecule has 3 aromatic carbocycles. The number of hydrogen-bond acceptors (Lipinski definition) is 3. The number of carbonyl (C=O) groups is 3. The monoisotopic (exact) mass is 561 g/mol. The molecule has 31 heavy (non-hydrogen) atoms. The van der Waals surface area contributed by atoms with Gasteiger partial charge in [-0.2, -0.15) is 0 Å². The van der Waals surface area contributed by atoms with Gasteiger partial charge < -0.3 is 15.3 Å². The largest absolute Gasteiger partial charge is 0.478 e. The van der Waals surface area contributed by atoms with E-state index in [0.717, 1.165) is 16.7 Å². The minimum atomic E-state index is -0.872. The van der Waals surface area contributed by atoms with Crippen molar-refractivity contribution >= 4 is 17.9 Å². The van der Waals surface area contributed by atoms with Crippen LogP contribution < -0.4 is 0 Å². The molecule has 0 aliphatic carbocycles. The van der Waals surface area contributed by atoms with Crippen molar-refractivity contribution in [2.75, 3.05) is 0 Å². The molecule has 0 aromatic heterocycles. The molecule has 0 aliphatic heterocycles. The molecular weight excluding hydrogens is 536 g/mol. The van der Waals surface area contributed by atoms with Gasteiger partial charge in [-0.25, -0.2) is 14.4 Å². The maximum atomic E-state index is 10.4. The first-order chi connectivity index (χ1) is 14.1. The maximum absolute atomic E-state index is 10.4. The Bertz CT molecular complexity index is 898. The predicted molar refractivity (Wildman–Crippen MR) is 114 cm³/mol. The zero-order valence-electron chi connectivity index (χ0n) is 17.4. The number of rotatable bonds is 3. The van der Waals surface area contributed by atoms with Crippen molar-refractivity contribution in [3.8, 4) is 0 Å². The van der Waals surface area contributed by atoms with Crippen LogP contribution in [0.25, 0.3) is 0 Å². The Hall–Kier alpha value is -2.35. The summed E-state index contributed by atoms with van der Waals surface area (Å²) in [6.07, 6.45) is 0. The second-order valence-electron chi connectivity index (χ2n) is 6.52. The molecule has 0 spiro atoms. The van der Waals surface area contributed by atoms with Crippen molar-refractivity contribution in [1.29, 1.82) is 0 Å². The van der Waals surface area contributed by atoms with Gasteiger partial charge in [-0.1, -0.05) is 53.1 Å².